The van der Waals surface area contributed by atoms with Gasteiger partial charge in [-0.2, -0.15) is 0 Å². The van der Waals surface area contributed by atoms with Crippen LogP contribution in [0, 0.1) is 0 Å². The summed E-state index contributed by atoms with van der Waals surface area (Å²) in [5, 5.41) is 4.24. The molecule has 1 atom stereocenters. The predicted molar refractivity (Wildman–Crippen MR) is 80.6 cm³/mol. The second-order valence-corrected chi connectivity index (χ2v) is 7.30. The normalized spacial score (nSPS) is 18.4. The van der Waals surface area contributed by atoms with Gasteiger partial charge in [0, 0.05) is 11.1 Å². The van der Waals surface area contributed by atoms with E-state index in [9.17, 15) is 0 Å². The largest absolute Gasteiger partial charge is 0.376 e. The van der Waals surface area contributed by atoms with Gasteiger partial charge in [0.25, 0.3) is 0 Å². The maximum Gasteiger partial charge on any atom is 0.0720 e. The average molecular weight is 344 g/mol. The van der Waals surface area contributed by atoms with E-state index < -0.39 is 0 Å². The lowest BCUT2D eigenvalue weighted by molar-refractivity contribution is 0.608. The minimum atomic E-state index is 0.345. The monoisotopic (exact) mass is 342 g/mol. The van der Waals surface area contributed by atoms with E-state index in [1.54, 1.807) is 12.4 Å². The van der Waals surface area contributed by atoms with Crippen molar-refractivity contribution in [1.82, 2.24) is 4.98 Å². The van der Waals surface area contributed by atoms with Crippen molar-refractivity contribution in [2.24, 2.45) is 0 Å². The van der Waals surface area contributed by atoms with Gasteiger partial charge in [-0.1, -0.05) is 11.6 Å². The fraction of sp³-hybridized carbons (Fsp3) is 0.308. The third kappa shape index (κ3) is 2.42. The third-order valence-electron chi connectivity index (χ3n) is 3.18. The van der Waals surface area contributed by atoms with Crippen molar-refractivity contribution >= 4 is 44.6 Å². The molecule has 0 aromatic carbocycles. The lowest BCUT2D eigenvalue weighted by Crippen LogP contribution is -2.15. The summed E-state index contributed by atoms with van der Waals surface area (Å²) in [6, 6.07) is 4.39. The number of aryl methyl sites for hydroxylation is 1. The van der Waals surface area contributed by atoms with Gasteiger partial charge in [0.05, 0.1) is 26.7 Å². The van der Waals surface area contributed by atoms with E-state index in [1.807, 2.05) is 17.4 Å². The minimum Gasteiger partial charge on any atom is -0.376 e. The zero-order chi connectivity index (χ0) is 12.5. The van der Waals surface area contributed by atoms with Gasteiger partial charge in [-0.3, -0.25) is 4.98 Å². The van der Waals surface area contributed by atoms with Crippen LogP contribution in [0.5, 0.6) is 0 Å². The first-order chi connectivity index (χ1) is 8.74. The zero-order valence-electron chi connectivity index (χ0n) is 9.62. The van der Waals surface area contributed by atoms with Gasteiger partial charge in [0.15, 0.2) is 0 Å². The van der Waals surface area contributed by atoms with E-state index in [-0.39, 0.29) is 0 Å². The highest BCUT2D eigenvalue weighted by atomic mass is 79.9. The molecule has 0 spiro atoms. The molecule has 1 aliphatic rings. The van der Waals surface area contributed by atoms with Crippen LogP contribution in [0.25, 0.3) is 0 Å². The van der Waals surface area contributed by atoms with Gasteiger partial charge in [-0.15, -0.1) is 11.3 Å². The topological polar surface area (TPSA) is 24.9 Å². The van der Waals surface area contributed by atoms with Gasteiger partial charge in [0.1, 0.15) is 0 Å². The van der Waals surface area contributed by atoms with E-state index in [0.717, 1.165) is 17.1 Å². The highest BCUT2D eigenvalue weighted by molar-refractivity contribution is 9.11. The van der Waals surface area contributed by atoms with E-state index in [1.165, 1.54) is 27.1 Å². The van der Waals surface area contributed by atoms with E-state index in [4.69, 9.17) is 11.6 Å². The number of nitrogens with zero attached hydrogens (tertiary/aromatic N) is 1. The van der Waals surface area contributed by atoms with Crippen LogP contribution >= 0.6 is 38.9 Å². The molecule has 1 aliphatic carbocycles. The van der Waals surface area contributed by atoms with Gasteiger partial charge in [-0.25, -0.2) is 0 Å². The summed E-state index contributed by atoms with van der Waals surface area (Å²) >= 11 is 11.6. The Morgan fingerprint density at radius 2 is 2.39 bits per heavy atom. The Bertz CT molecular complexity index is 570. The van der Waals surface area contributed by atoms with Gasteiger partial charge in [0.2, 0.25) is 0 Å². The summed E-state index contributed by atoms with van der Waals surface area (Å²) in [5.74, 6) is 0. The number of rotatable bonds is 2. The maximum absolute atomic E-state index is 6.17. The molecule has 0 saturated carbocycles. The van der Waals surface area contributed by atoms with Crippen molar-refractivity contribution in [2.45, 2.75) is 25.3 Å². The van der Waals surface area contributed by atoms with Gasteiger partial charge >= 0.3 is 0 Å². The lowest BCUT2D eigenvalue weighted by atomic mass is 9.94. The molecule has 2 heterocycles. The van der Waals surface area contributed by atoms with Crippen LogP contribution in [0.4, 0.5) is 5.69 Å². The number of thiophene rings is 1. The first kappa shape index (κ1) is 12.5. The number of anilines is 1. The van der Waals surface area contributed by atoms with Crippen molar-refractivity contribution in [1.29, 1.82) is 0 Å². The minimum absolute atomic E-state index is 0.345. The third-order valence-corrected chi connectivity index (χ3v) is 5.22. The summed E-state index contributed by atoms with van der Waals surface area (Å²) in [6.07, 6.45) is 7.04. The molecular formula is C13H12BrClN2S. The van der Waals surface area contributed by atoms with Crippen molar-refractivity contribution in [2.75, 3.05) is 5.32 Å². The molecule has 1 unspecified atom stereocenters. The Kier molecular flexibility index (Phi) is 3.59. The Morgan fingerprint density at radius 1 is 1.50 bits per heavy atom. The van der Waals surface area contributed by atoms with Crippen molar-refractivity contribution < 1.29 is 0 Å². The summed E-state index contributed by atoms with van der Waals surface area (Å²) < 4.78 is 1.21. The number of fused-ring (bicyclic) bond motifs is 1. The van der Waals surface area contributed by atoms with Crippen LogP contribution in [0.15, 0.2) is 28.3 Å². The summed E-state index contributed by atoms with van der Waals surface area (Å²) in [5.41, 5.74) is 2.32. The van der Waals surface area contributed by atoms with Crippen molar-refractivity contribution in [3.8, 4) is 0 Å². The van der Waals surface area contributed by atoms with Gasteiger partial charge < -0.3 is 5.32 Å². The molecule has 94 valence electrons. The summed E-state index contributed by atoms with van der Waals surface area (Å²) in [7, 11) is 0. The molecule has 2 aromatic heterocycles. The molecule has 0 fully saturated rings. The van der Waals surface area contributed by atoms with E-state index >= 15 is 0 Å². The van der Waals surface area contributed by atoms with E-state index in [0.29, 0.717) is 6.04 Å². The van der Waals surface area contributed by atoms with Crippen LogP contribution in [-0.4, -0.2) is 4.98 Å². The molecule has 0 aliphatic heterocycles. The van der Waals surface area contributed by atoms with Crippen LogP contribution < -0.4 is 5.32 Å². The van der Waals surface area contributed by atoms with Crippen LogP contribution in [0.1, 0.15) is 29.3 Å². The number of halogens is 2. The second-order valence-electron chi connectivity index (χ2n) is 4.37. The number of pyridine rings is 1. The first-order valence-corrected chi connectivity index (χ1v) is 7.87. The molecule has 0 bridgehead atoms. The highest BCUT2D eigenvalue weighted by Gasteiger charge is 2.23. The molecular weight excluding hydrogens is 332 g/mol. The Labute approximate surface area is 124 Å². The van der Waals surface area contributed by atoms with Crippen LogP contribution in [0.2, 0.25) is 5.02 Å². The molecule has 3 rings (SSSR count). The maximum atomic E-state index is 6.17. The number of hydrogen-bond acceptors (Lipinski definition) is 3. The van der Waals surface area contributed by atoms with Crippen LogP contribution in [0.3, 0.4) is 0 Å². The van der Waals surface area contributed by atoms with E-state index in [2.05, 4.69) is 32.3 Å². The summed E-state index contributed by atoms with van der Waals surface area (Å²) in [4.78, 5) is 5.60. The van der Waals surface area contributed by atoms with Crippen LogP contribution in [-0.2, 0) is 6.42 Å². The number of aromatic nitrogens is 1. The molecule has 0 radical (unpaired) electrons. The molecule has 18 heavy (non-hydrogen) atoms. The average Bonchev–Trinajstić information content (AvgIpc) is 2.73. The lowest BCUT2D eigenvalue weighted by Gasteiger charge is -2.24. The predicted octanol–water partition coefficient (Wildman–Crippen LogP) is 5.05. The van der Waals surface area contributed by atoms with Gasteiger partial charge in [-0.05, 0) is 52.9 Å². The quantitative estimate of drug-likeness (QED) is 0.825. The Hall–Kier alpha value is -0.580. The molecule has 0 saturated heterocycles. The second kappa shape index (κ2) is 5.19. The number of nitrogens with one attached hydrogen (secondary N) is 1. The first-order valence-electron chi connectivity index (χ1n) is 5.88. The standard InChI is InChI=1S/C13H12BrClN2S/c14-13-6-8-10(2-1-3-12(8)18-13)17-11-7-16-5-4-9(11)15/h4-7,10,17H,1-3H2. The summed E-state index contributed by atoms with van der Waals surface area (Å²) in [6.45, 7) is 0. The molecule has 1 N–H and O–H groups in total. The molecule has 2 nitrogen and oxygen atoms in total. The molecule has 2 aromatic rings. The Balaban J connectivity index is 1.88. The fourth-order valence-electron chi connectivity index (χ4n) is 2.34. The fourth-order valence-corrected chi connectivity index (χ4v) is 4.32. The number of hydrogen-bond donors (Lipinski definition) is 1. The smallest absolute Gasteiger partial charge is 0.0720 e. The highest BCUT2D eigenvalue weighted by Crippen LogP contribution is 2.40. The Morgan fingerprint density at radius 3 is 3.22 bits per heavy atom. The molecule has 0 amide bonds. The SMILES string of the molecule is Clc1ccncc1NC1CCCc2sc(Br)cc21. The van der Waals surface area contributed by atoms with Crippen molar-refractivity contribution in [3.63, 3.8) is 0 Å². The molecule has 5 heteroatoms. The zero-order valence-corrected chi connectivity index (χ0v) is 12.8. The van der Waals surface area contributed by atoms with Crippen molar-refractivity contribution in [3.05, 3.63) is 43.8 Å².